The fraction of sp³-hybridized carbons (Fsp3) is 0.786. The van der Waals surface area contributed by atoms with Crippen LogP contribution in [-0.4, -0.2) is 41.5 Å². The van der Waals surface area contributed by atoms with Crippen LogP contribution in [0.25, 0.3) is 0 Å². The Bertz CT molecular complexity index is 401. The zero-order valence-corrected chi connectivity index (χ0v) is 11.4. The van der Waals surface area contributed by atoms with Gasteiger partial charge < -0.3 is 10.6 Å². The maximum absolute atomic E-state index is 12.0. The Balaban J connectivity index is 1.78. The molecule has 2 spiro atoms. The third kappa shape index (κ3) is 1.32. The van der Waals surface area contributed by atoms with Crippen LogP contribution >= 0.6 is 0 Å². The number of nitrogens with zero attached hydrogens (tertiary/aromatic N) is 2. The summed E-state index contributed by atoms with van der Waals surface area (Å²) in [5.74, 6) is 0. The number of carbonyl (C=O) groups is 1. The van der Waals surface area contributed by atoms with E-state index in [9.17, 15) is 4.79 Å². The van der Waals surface area contributed by atoms with Gasteiger partial charge in [0.25, 0.3) is 0 Å². The lowest BCUT2D eigenvalue weighted by Crippen LogP contribution is -2.60. The van der Waals surface area contributed by atoms with Gasteiger partial charge in [-0.3, -0.25) is 4.90 Å². The Hall–Kier alpha value is -1.03. The summed E-state index contributed by atoms with van der Waals surface area (Å²) < 4.78 is 0. The van der Waals surface area contributed by atoms with Crippen LogP contribution in [0.5, 0.6) is 0 Å². The van der Waals surface area contributed by atoms with E-state index in [-0.39, 0.29) is 11.6 Å². The Labute approximate surface area is 109 Å². The quantitative estimate of drug-likeness (QED) is 0.713. The molecule has 18 heavy (non-hydrogen) atoms. The molecule has 2 aliphatic carbocycles. The SMILES string of the molecule is C=C1N(C)C(=O)N(C)C12CC1(CCC(N)CC1)C2. The topological polar surface area (TPSA) is 49.6 Å². The highest BCUT2D eigenvalue weighted by Crippen LogP contribution is 2.62. The standard InChI is InChI=1S/C14H23N3O/c1-10-14(17(3)12(18)16(10)2)8-13(9-14)6-4-11(15)5-7-13/h11H,1,4-9,15H2,2-3H3. The van der Waals surface area contributed by atoms with Crippen molar-refractivity contribution in [2.45, 2.75) is 50.1 Å². The molecule has 0 aromatic heterocycles. The number of carbonyl (C=O) groups excluding carboxylic acids is 1. The van der Waals surface area contributed by atoms with E-state index < -0.39 is 0 Å². The van der Waals surface area contributed by atoms with Gasteiger partial charge in [-0.1, -0.05) is 6.58 Å². The molecule has 2 N–H and O–H groups in total. The third-order valence-corrected chi connectivity index (χ3v) is 5.58. The van der Waals surface area contributed by atoms with Gasteiger partial charge in [-0.25, -0.2) is 4.79 Å². The molecule has 1 saturated heterocycles. The number of hydrogen-bond donors (Lipinski definition) is 1. The fourth-order valence-electron chi connectivity index (χ4n) is 4.27. The average Bonchev–Trinajstić information content (AvgIpc) is 2.47. The van der Waals surface area contributed by atoms with Gasteiger partial charge in [-0.05, 0) is 43.9 Å². The first-order valence-corrected chi connectivity index (χ1v) is 6.87. The Kier molecular flexibility index (Phi) is 2.34. The van der Waals surface area contributed by atoms with Gasteiger partial charge in [-0.15, -0.1) is 0 Å². The summed E-state index contributed by atoms with van der Waals surface area (Å²) in [7, 11) is 3.75. The summed E-state index contributed by atoms with van der Waals surface area (Å²) in [5.41, 5.74) is 7.31. The molecule has 4 nitrogen and oxygen atoms in total. The van der Waals surface area contributed by atoms with Crippen LogP contribution in [0.3, 0.4) is 0 Å². The highest BCUT2D eigenvalue weighted by molar-refractivity contribution is 5.82. The van der Waals surface area contributed by atoms with Crippen molar-refractivity contribution in [1.29, 1.82) is 0 Å². The second-order valence-corrected chi connectivity index (χ2v) is 6.57. The number of urea groups is 1. The number of amides is 2. The molecule has 0 radical (unpaired) electrons. The number of rotatable bonds is 0. The van der Waals surface area contributed by atoms with Crippen LogP contribution in [0.15, 0.2) is 12.3 Å². The number of hydrogen-bond acceptors (Lipinski definition) is 2. The van der Waals surface area contributed by atoms with Crippen LogP contribution in [0.1, 0.15) is 38.5 Å². The van der Waals surface area contributed by atoms with Crippen LogP contribution in [0.4, 0.5) is 4.79 Å². The highest BCUT2D eigenvalue weighted by atomic mass is 16.2. The maximum atomic E-state index is 12.0. The molecule has 0 unspecified atom stereocenters. The van der Waals surface area contributed by atoms with Crippen molar-refractivity contribution >= 4 is 6.03 Å². The van der Waals surface area contributed by atoms with Crippen molar-refractivity contribution in [3.05, 3.63) is 12.3 Å². The van der Waals surface area contributed by atoms with Crippen molar-refractivity contribution in [3.8, 4) is 0 Å². The van der Waals surface area contributed by atoms with Gasteiger partial charge >= 0.3 is 6.03 Å². The molecule has 4 heteroatoms. The van der Waals surface area contributed by atoms with E-state index >= 15 is 0 Å². The Morgan fingerprint density at radius 3 is 2.28 bits per heavy atom. The lowest BCUT2D eigenvalue weighted by atomic mass is 9.51. The van der Waals surface area contributed by atoms with Gasteiger partial charge in [-0.2, -0.15) is 0 Å². The van der Waals surface area contributed by atoms with E-state index in [2.05, 4.69) is 6.58 Å². The monoisotopic (exact) mass is 249 g/mol. The molecule has 0 bridgehead atoms. The fourth-order valence-corrected chi connectivity index (χ4v) is 4.27. The zero-order chi connectivity index (χ0) is 13.1. The van der Waals surface area contributed by atoms with Gasteiger partial charge in [0.05, 0.1) is 5.54 Å². The molecular weight excluding hydrogens is 226 g/mol. The largest absolute Gasteiger partial charge is 0.328 e. The van der Waals surface area contributed by atoms with E-state index in [0.717, 1.165) is 31.4 Å². The lowest BCUT2D eigenvalue weighted by Gasteiger charge is -2.59. The normalized spacial score (nSPS) is 44.1. The van der Waals surface area contributed by atoms with E-state index in [1.807, 2.05) is 19.0 Å². The molecule has 3 rings (SSSR count). The van der Waals surface area contributed by atoms with Crippen LogP contribution in [0, 0.1) is 5.41 Å². The maximum Gasteiger partial charge on any atom is 0.324 e. The summed E-state index contributed by atoms with van der Waals surface area (Å²) >= 11 is 0. The smallest absolute Gasteiger partial charge is 0.324 e. The summed E-state index contributed by atoms with van der Waals surface area (Å²) in [5, 5.41) is 0. The second-order valence-electron chi connectivity index (χ2n) is 6.57. The van der Waals surface area contributed by atoms with Crippen molar-refractivity contribution in [1.82, 2.24) is 9.80 Å². The summed E-state index contributed by atoms with van der Waals surface area (Å²) in [6.07, 6.45) is 6.87. The molecule has 0 aromatic carbocycles. The number of nitrogens with two attached hydrogens (primary N) is 1. The predicted molar refractivity (Wildman–Crippen MR) is 70.9 cm³/mol. The van der Waals surface area contributed by atoms with Gasteiger partial charge in [0.1, 0.15) is 0 Å². The zero-order valence-electron chi connectivity index (χ0n) is 11.4. The molecule has 1 aliphatic heterocycles. The minimum atomic E-state index is -0.0900. The van der Waals surface area contributed by atoms with Crippen LogP contribution in [0.2, 0.25) is 0 Å². The van der Waals surface area contributed by atoms with Gasteiger partial charge in [0, 0.05) is 25.8 Å². The second kappa shape index (κ2) is 3.50. The Morgan fingerprint density at radius 2 is 1.83 bits per heavy atom. The predicted octanol–water partition coefficient (Wildman–Crippen LogP) is 1.92. The third-order valence-electron chi connectivity index (χ3n) is 5.58. The summed E-state index contributed by atoms with van der Waals surface area (Å²) in [4.78, 5) is 15.6. The van der Waals surface area contributed by atoms with Crippen molar-refractivity contribution in [2.75, 3.05) is 14.1 Å². The molecular formula is C14H23N3O. The molecule has 1 heterocycles. The van der Waals surface area contributed by atoms with E-state index in [0.29, 0.717) is 11.5 Å². The first-order valence-electron chi connectivity index (χ1n) is 6.87. The van der Waals surface area contributed by atoms with E-state index in [1.165, 1.54) is 12.8 Å². The molecule has 2 amide bonds. The molecule has 0 aromatic rings. The highest BCUT2D eigenvalue weighted by Gasteiger charge is 2.63. The first kappa shape index (κ1) is 12.0. The lowest BCUT2D eigenvalue weighted by molar-refractivity contribution is -0.0460. The van der Waals surface area contributed by atoms with E-state index in [1.54, 1.807) is 4.90 Å². The average molecular weight is 249 g/mol. The van der Waals surface area contributed by atoms with E-state index in [4.69, 9.17) is 5.73 Å². The molecule has 3 aliphatic rings. The minimum Gasteiger partial charge on any atom is -0.328 e. The first-order chi connectivity index (χ1) is 8.40. The van der Waals surface area contributed by atoms with Crippen molar-refractivity contribution in [3.63, 3.8) is 0 Å². The molecule has 0 atom stereocenters. The molecule has 3 fully saturated rings. The molecule has 2 saturated carbocycles. The summed E-state index contributed by atoms with van der Waals surface area (Å²) in [6, 6.07) is 0.475. The van der Waals surface area contributed by atoms with Gasteiger partial charge in [0.2, 0.25) is 0 Å². The van der Waals surface area contributed by atoms with Crippen LogP contribution in [-0.2, 0) is 0 Å². The molecule has 100 valence electrons. The van der Waals surface area contributed by atoms with Crippen molar-refractivity contribution < 1.29 is 4.79 Å². The van der Waals surface area contributed by atoms with Crippen molar-refractivity contribution in [2.24, 2.45) is 11.1 Å². The Morgan fingerprint density at radius 1 is 1.28 bits per heavy atom. The summed E-state index contributed by atoms with van der Waals surface area (Å²) in [6.45, 7) is 4.14. The minimum absolute atomic E-state index is 0.0855. The van der Waals surface area contributed by atoms with Crippen LogP contribution < -0.4 is 5.73 Å². The number of likely N-dealkylation sites (N-methyl/N-ethyl adjacent to an activating group) is 2. The van der Waals surface area contributed by atoms with Gasteiger partial charge in [0.15, 0.2) is 0 Å².